The van der Waals surface area contributed by atoms with Crippen LogP contribution in [0.3, 0.4) is 0 Å². The molecule has 0 unspecified atom stereocenters. The molecule has 0 spiro atoms. The molecule has 0 radical (unpaired) electrons. The SMILES string of the molecule is CNCc1ccn(Cc2cc(Cl)cc3c2OCC3)c1. The molecule has 4 heteroatoms. The Labute approximate surface area is 118 Å². The van der Waals surface area contributed by atoms with Gasteiger partial charge in [-0.25, -0.2) is 0 Å². The van der Waals surface area contributed by atoms with Crippen LogP contribution in [0.4, 0.5) is 0 Å². The maximum Gasteiger partial charge on any atom is 0.127 e. The molecule has 3 rings (SSSR count). The van der Waals surface area contributed by atoms with Crippen molar-refractivity contribution in [3.63, 3.8) is 0 Å². The van der Waals surface area contributed by atoms with Crippen molar-refractivity contribution in [1.82, 2.24) is 9.88 Å². The smallest absolute Gasteiger partial charge is 0.127 e. The number of fused-ring (bicyclic) bond motifs is 1. The Morgan fingerprint density at radius 3 is 3.16 bits per heavy atom. The minimum Gasteiger partial charge on any atom is -0.493 e. The molecule has 0 aliphatic carbocycles. The fourth-order valence-electron chi connectivity index (χ4n) is 2.56. The van der Waals surface area contributed by atoms with E-state index >= 15 is 0 Å². The van der Waals surface area contributed by atoms with E-state index in [2.05, 4.69) is 28.3 Å². The van der Waals surface area contributed by atoms with Crippen LogP contribution in [0, 0.1) is 0 Å². The molecule has 1 aromatic carbocycles. The van der Waals surface area contributed by atoms with Crippen LogP contribution in [-0.2, 0) is 19.5 Å². The predicted octanol–water partition coefficient (Wildman–Crippen LogP) is 2.84. The molecule has 0 atom stereocenters. The molecule has 1 aromatic heterocycles. The second-order valence-corrected chi connectivity index (χ2v) is 5.31. The zero-order valence-electron chi connectivity index (χ0n) is 10.9. The number of nitrogens with zero attached hydrogens (tertiary/aromatic N) is 1. The second-order valence-electron chi connectivity index (χ2n) is 4.87. The third-order valence-corrected chi connectivity index (χ3v) is 3.59. The van der Waals surface area contributed by atoms with Crippen molar-refractivity contribution in [2.45, 2.75) is 19.5 Å². The minimum atomic E-state index is 0.763. The summed E-state index contributed by atoms with van der Waals surface area (Å²) in [4.78, 5) is 0. The monoisotopic (exact) mass is 276 g/mol. The largest absolute Gasteiger partial charge is 0.493 e. The molecular weight excluding hydrogens is 260 g/mol. The van der Waals surface area contributed by atoms with Gasteiger partial charge in [-0.15, -0.1) is 0 Å². The number of ether oxygens (including phenoxy) is 1. The summed E-state index contributed by atoms with van der Waals surface area (Å²) in [5.41, 5.74) is 3.67. The van der Waals surface area contributed by atoms with E-state index in [1.165, 1.54) is 11.1 Å². The molecule has 1 N–H and O–H groups in total. The van der Waals surface area contributed by atoms with Crippen molar-refractivity contribution in [3.05, 3.63) is 52.3 Å². The third-order valence-electron chi connectivity index (χ3n) is 3.37. The molecule has 0 saturated heterocycles. The van der Waals surface area contributed by atoms with E-state index in [4.69, 9.17) is 16.3 Å². The van der Waals surface area contributed by atoms with Crippen LogP contribution in [0.1, 0.15) is 16.7 Å². The van der Waals surface area contributed by atoms with E-state index in [0.29, 0.717) is 0 Å². The Hall–Kier alpha value is -1.45. The molecular formula is C15H17ClN2O. The lowest BCUT2D eigenvalue weighted by atomic mass is 10.1. The van der Waals surface area contributed by atoms with Crippen LogP contribution in [0.25, 0.3) is 0 Å². The topological polar surface area (TPSA) is 26.2 Å². The molecule has 0 saturated carbocycles. The molecule has 19 heavy (non-hydrogen) atoms. The first-order valence-electron chi connectivity index (χ1n) is 6.49. The first-order valence-corrected chi connectivity index (χ1v) is 6.87. The molecule has 0 amide bonds. The van der Waals surface area contributed by atoms with Crippen LogP contribution < -0.4 is 10.1 Å². The first-order chi connectivity index (χ1) is 9.26. The second kappa shape index (κ2) is 5.27. The molecule has 0 bridgehead atoms. The summed E-state index contributed by atoms with van der Waals surface area (Å²) < 4.78 is 7.89. The number of halogens is 1. The minimum absolute atomic E-state index is 0.763. The average Bonchev–Trinajstić information content (AvgIpc) is 2.98. The van der Waals surface area contributed by atoms with Crippen molar-refractivity contribution >= 4 is 11.6 Å². The summed E-state index contributed by atoms with van der Waals surface area (Å²) in [5.74, 6) is 1.02. The number of aromatic nitrogens is 1. The van der Waals surface area contributed by atoms with Crippen molar-refractivity contribution < 1.29 is 4.74 Å². The molecule has 2 aromatic rings. The van der Waals surface area contributed by atoms with Crippen molar-refractivity contribution in [3.8, 4) is 5.75 Å². The van der Waals surface area contributed by atoms with Gasteiger partial charge in [0.05, 0.1) is 13.2 Å². The predicted molar refractivity (Wildman–Crippen MR) is 76.9 cm³/mol. The van der Waals surface area contributed by atoms with Crippen LogP contribution in [-0.4, -0.2) is 18.2 Å². The van der Waals surface area contributed by atoms with E-state index in [-0.39, 0.29) is 0 Å². The maximum absolute atomic E-state index is 6.17. The third kappa shape index (κ3) is 2.62. The normalized spacial score (nSPS) is 13.4. The summed E-state index contributed by atoms with van der Waals surface area (Å²) in [6.45, 7) is 2.45. The van der Waals surface area contributed by atoms with Crippen molar-refractivity contribution in [2.24, 2.45) is 0 Å². The van der Waals surface area contributed by atoms with Gasteiger partial charge in [-0.1, -0.05) is 11.6 Å². The van der Waals surface area contributed by atoms with Crippen molar-refractivity contribution in [1.29, 1.82) is 0 Å². The van der Waals surface area contributed by atoms with Gasteiger partial charge in [0.25, 0.3) is 0 Å². The number of hydrogen-bond donors (Lipinski definition) is 1. The summed E-state index contributed by atoms with van der Waals surface area (Å²) in [5, 5.41) is 3.95. The Morgan fingerprint density at radius 2 is 2.32 bits per heavy atom. The van der Waals surface area contributed by atoms with Gasteiger partial charge in [0.1, 0.15) is 5.75 Å². The van der Waals surface area contributed by atoms with Crippen LogP contribution >= 0.6 is 11.6 Å². The lowest BCUT2D eigenvalue weighted by molar-refractivity contribution is 0.352. The lowest BCUT2D eigenvalue weighted by Gasteiger charge is -2.10. The zero-order valence-corrected chi connectivity index (χ0v) is 11.7. The standard InChI is InChI=1S/C15H17ClN2O/c1-17-8-11-2-4-18(9-11)10-13-7-14(16)6-12-3-5-19-15(12)13/h2,4,6-7,9,17H,3,5,8,10H2,1H3. The van der Waals surface area contributed by atoms with E-state index in [1.807, 2.05) is 19.2 Å². The van der Waals surface area contributed by atoms with Gasteiger partial charge >= 0.3 is 0 Å². The summed E-state index contributed by atoms with van der Waals surface area (Å²) in [7, 11) is 1.95. The fourth-order valence-corrected chi connectivity index (χ4v) is 2.82. The quantitative estimate of drug-likeness (QED) is 0.929. The molecule has 0 fully saturated rings. The van der Waals surface area contributed by atoms with Gasteiger partial charge in [-0.3, -0.25) is 0 Å². The van der Waals surface area contributed by atoms with Crippen LogP contribution in [0.15, 0.2) is 30.6 Å². The maximum atomic E-state index is 6.17. The van der Waals surface area contributed by atoms with Crippen LogP contribution in [0.2, 0.25) is 5.02 Å². The molecule has 100 valence electrons. The first kappa shape index (κ1) is 12.6. The molecule has 1 aliphatic rings. The van der Waals surface area contributed by atoms with Gasteiger partial charge in [-0.05, 0) is 36.4 Å². The van der Waals surface area contributed by atoms with Crippen molar-refractivity contribution in [2.75, 3.05) is 13.7 Å². The Balaban J connectivity index is 1.86. The highest BCUT2D eigenvalue weighted by molar-refractivity contribution is 6.30. The highest BCUT2D eigenvalue weighted by Crippen LogP contribution is 2.33. The fraction of sp³-hybridized carbons (Fsp3) is 0.333. The highest BCUT2D eigenvalue weighted by Gasteiger charge is 2.17. The number of rotatable bonds is 4. The Bertz CT molecular complexity index is 592. The van der Waals surface area contributed by atoms with E-state index < -0.39 is 0 Å². The lowest BCUT2D eigenvalue weighted by Crippen LogP contribution is -2.04. The zero-order chi connectivity index (χ0) is 13.2. The highest BCUT2D eigenvalue weighted by atomic mass is 35.5. The summed E-state index contributed by atoms with van der Waals surface area (Å²) in [6.07, 6.45) is 5.20. The number of hydrogen-bond acceptors (Lipinski definition) is 2. The van der Waals surface area contributed by atoms with Gasteiger partial charge in [0, 0.05) is 35.9 Å². The van der Waals surface area contributed by atoms with Gasteiger partial charge < -0.3 is 14.6 Å². The van der Waals surface area contributed by atoms with Gasteiger partial charge in [0.15, 0.2) is 0 Å². The van der Waals surface area contributed by atoms with Crippen LogP contribution in [0.5, 0.6) is 5.75 Å². The number of nitrogens with one attached hydrogen (secondary N) is 1. The van der Waals surface area contributed by atoms with Gasteiger partial charge in [0.2, 0.25) is 0 Å². The van der Waals surface area contributed by atoms with E-state index in [0.717, 1.165) is 42.5 Å². The molecule has 2 heterocycles. The Kier molecular flexibility index (Phi) is 3.49. The molecule has 3 nitrogen and oxygen atoms in total. The molecule has 1 aliphatic heterocycles. The number of benzene rings is 1. The summed E-state index contributed by atoms with van der Waals surface area (Å²) >= 11 is 6.17. The Morgan fingerprint density at radius 1 is 1.42 bits per heavy atom. The van der Waals surface area contributed by atoms with E-state index in [9.17, 15) is 0 Å². The van der Waals surface area contributed by atoms with E-state index in [1.54, 1.807) is 0 Å². The summed E-state index contributed by atoms with van der Waals surface area (Å²) in [6, 6.07) is 6.14. The van der Waals surface area contributed by atoms with Gasteiger partial charge in [-0.2, -0.15) is 0 Å². The average molecular weight is 277 g/mol.